The molecule has 0 heterocycles. The van der Waals surface area contributed by atoms with Gasteiger partial charge in [-0.3, -0.25) is 14.4 Å². The normalized spacial score (nSPS) is 18.2. The van der Waals surface area contributed by atoms with Crippen molar-refractivity contribution in [3.63, 3.8) is 0 Å². The van der Waals surface area contributed by atoms with Crippen LogP contribution < -0.4 is 10.0 Å². The van der Waals surface area contributed by atoms with E-state index < -0.39 is 127 Å². The van der Waals surface area contributed by atoms with Crippen LogP contribution in [0.3, 0.4) is 0 Å². The van der Waals surface area contributed by atoms with Crippen LogP contribution >= 0.6 is 0 Å². The summed E-state index contributed by atoms with van der Waals surface area (Å²) in [7, 11) is 4.08. The SMILES string of the molecule is CCC(C)(C)C(=O)OC1CC(C(C)(O)C(F)(F)F)CC(C(O)(C(F)(F)F)C(F)(F)F)C1.CCC(C)(C)C(=O)OCC(F)(F)CC(F)(F)C(F)F.CCC(C)(C)C(=O)OCC[NH+](C)C.O=C([O-])c1ccccc1. The van der Waals surface area contributed by atoms with E-state index in [-0.39, 0.29) is 30.3 Å². The van der Waals surface area contributed by atoms with Crippen LogP contribution in [0.4, 0.5) is 65.9 Å². The number of carbonyl (C=O) groups excluding carboxylic acids is 4. The fraction of sp³-hybridized carbons (Fsp3) is 0.783. The van der Waals surface area contributed by atoms with Crippen LogP contribution in [0.2, 0.25) is 0 Å². The van der Waals surface area contributed by atoms with Crippen molar-refractivity contribution >= 4 is 23.9 Å². The number of likely N-dealkylation sites (N-methyl/N-ethyl adjacent to an activating group) is 1. The number of halogens is 15. The molecule has 0 saturated heterocycles. The highest BCUT2D eigenvalue weighted by Crippen LogP contribution is 2.55. The van der Waals surface area contributed by atoms with E-state index >= 15 is 0 Å². The minimum absolute atomic E-state index is 0.0868. The van der Waals surface area contributed by atoms with Crippen molar-refractivity contribution in [3.05, 3.63) is 35.9 Å². The second-order valence-corrected chi connectivity index (χ2v) is 19.7. The molecule has 0 aromatic heterocycles. The number of hydrogen-bond acceptors (Lipinski definition) is 10. The van der Waals surface area contributed by atoms with Gasteiger partial charge >= 0.3 is 48.8 Å². The van der Waals surface area contributed by atoms with E-state index in [2.05, 4.69) is 4.74 Å². The average molecular weight is 1080 g/mol. The number of nitrogens with one attached hydrogen (secondary N) is 1. The van der Waals surface area contributed by atoms with Gasteiger partial charge in [0.25, 0.3) is 11.5 Å². The highest BCUT2D eigenvalue weighted by atomic mass is 19.4. The molecule has 0 spiro atoms. The third kappa shape index (κ3) is 21.4. The number of quaternary nitrogens is 1. The Bertz CT molecular complexity index is 1820. The van der Waals surface area contributed by atoms with Gasteiger partial charge in [-0.05, 0) is 92.6 Å². The van der Waals surface area contributed by atoms with Crippen LogP contribution in [0, 0.1) is 28.1 Å². The van der Waals surface area contributed by atoms with Crippen LogP contribution in [0.1, 0.15) is 125 Å². The van der Waals surface area contributed by atoms with Crippen molar-refractivity contribution in [1.29, 1.82) is 0 Å². The van der Waals surface area contributed by atoms with Gasteiger partial charge in [0.15, 0.2) is 12.2 Å². The first-order valence-electron chi connectivity index (χ1n) is 22.4. The molecule has 0 amide bonds. The number of aliphatic hydroxyl groups is 2. The second kappa shape index (κ2) is 26.9. The van der Waals surface area contributed by atoms with Gasteiger partial charge in [0.2, 0.25) is 0 Å². The van der Waals surface area contributed by atoms with Crippen LogP contribution in [-0.4, -0.2) is 122 Å². The summed E-state index contributed by atoms with van der Waals surface area (Å²) in [4.78, 5) is 46.4. The lowest BCUT2D eigenvalue weighted by Gasteiger charge is -2.47. The fourth-order valence-corrected chi connectivity index (χ4v) is 5.72. The van der Waals surface area contributed by atoms with Crippen molar-refractivity contribution in [2.24, 2.45) is 28.1 Å². The molecule has 1 aromatic rings. The van der Waals surface area contributed by atoms with E-state index in [0.29, 0.717) is 13.0 Å². The summed E-state index contributed by atoms with van der Waals surface area (Å²) in [6.07, 6.45) is -28.5. The molecule has 1 aliphatic carbocycles. The molecule has 0 radical (unpaired) electrons. The lowest BCUT2D eigenvalue weighted by Crippen LogP contribution is -3.06. The Labute approximate surface area is 409 Å². The Balaban J connectivity index is 0. The molecule has 1 fully saturated rings. The smallest absolute Gasteiger partial charge is 0.426 e. The maximum atomic E-state index is 13.3. The number of benzene rings is 1. The molecule has 26 heteroatoms. The Morgan fingerprint density at radius 1 is 0.639 bits per heavy atom. The molecule has 422 valence electrons. The van der Waals surface area contributed by atoms with Crippen molar-refractivity contribution in [2.75, 3.05) is 33.9 Å². The number of hydrogen-bond donors (Lipinski definition) is 3. The number of carboxylic acids is 1. The summed E-state index contributed by atoms with van der Waals surface area (Å²) in [5.41, 5.74) is -11.4. The van der Waals surface area contributed by atoms with Crippen molar-refractivity contribution in [1.82, 2.24) is 0 Å². The van der Waals surface area contributed by atoms with Crippen molar-refractivity contribution in [2.45, 2.75) is 168 Å². The topological polar surface area (TPSA) is 164 Å². The molecule has 0 aliphatic heterocycles. The highest BCUT2D eigenvalue weighted by Gasteiger charge is 2.75. The van der Waals surface area contributed by atoms with E-state index in [9.17, 15) is 100 Å². The number of esters is 3. The zero-order valence-corrected chi connectivity index (χ0v) is 42.1. The van der Waals surface area contributed by atoms with Gasteiger partial charge in [-0.25, -0.2) is 26.3 Å². The van der Waals surface area contributed by atoms with Gasteiger partial charge in [-0.15, -0.1) is 0 Å². The van der Waals surface area contributed by atoms with Gasteiger partial charge in [-0.2, -0.15) is 39.5 Å². The zero-order valence-electron chi connectivity index (χ0n) is 42.1. The molecule has 0 bridgehead atoms. The summed E-state index contributed by atoms with van der Waals surface area (Å²) >= 11 is 0. The molecule has 2 rings (SSSR count). The molecule has 1 aliphatic rings. The predicted molar refractivity (Wildman–Crippen MR) is 228 cm³/mol. The fourth-order valence-electron chi connectivity index (χ4n) is 5.72. The molecular weight excluding hydrogens is 1010 g/mol. The summed E-state index contributed by atoms with van der Waals surface area (Å²) in [5.74, 6) is -17.3. The first kappa shape index (κ1) is 70.0. The Hall–Kier alpha value is -4.07. The maximum absolute atomic E-state index is 13.3. The monoisotopic (exact) mass is 1080 g/mol. The quantitative estimate of drug-likeness (QED) is 0.0735. The van der Waals surface area contributed by atoms with E-state index in [0.717, 1.165) is 13.0 Å². The van der Waals surface area contributed by atoms with Crippen molar-refractivity contribution < 1.29 is 119 Å². The largest absolute Gasteiger partial charge is 0.545 e. The van der Waals surface area contributed by atoms with Crippen molar-refractivity contribution in [3.8, 4) is 0 Å². The molecule has 1 aromatic carbocycles. The molecule has 3 N–H and O–H groups in total. The third-order valence-electron chi connectivity index (χ3n) is 12.1. The number of carbonyl (C=O) groups is 4. The van der Waals surface area contributed by atoms with E-state index in [1.165, 1.54) is 44.7 Å². The molecular formula is C46H68F15NO10. The summed E-state index contributed by atoms with van der Waals surface area (Å²) in [6, 6.07) is 8.06. The van der Waals surface area contributed by atoms with E-state index in [1.807, 2.05) is 34.9 Å². The first-order chi connectivity index (χ1) is 32.1. The van der Waals surface area contributed by atoms with Gasteiger partial charge in [0, 0.05) is 11.8 Å². The average Bonchev–Trinajstić information content (AvgIpc) is 3.24. The standard InChI is InChI=1S/C18H25F9O4.C11H16F6O2.C10H21NO2.C7H6O2/c1-5-13(2,3)12(28)31-11-7-9(14(4,29)16(19,20)21)6-10(8-11)15(30,17(22,23)24)18(25,26)27;1-4-9(2,3)8(18)19-6-10(14,15)5-11(16,17)7(12)13;1-6-10(2,3)9(12)13-8-7-11(4)5;8-7(9)6-4-2-1-3-5-6/h9-11,29-30H,5-8H2,1-4H3;7H,4-6H2,1-3H3;6-8H2,1-5H3;1-5H,(H,8,9). The van der Waals surface area contributed by atoms with Crippen LogP contribution in [0.5, 0.6) is 0 Å². The van der Waals surface area contributed by atoms with Crippen LogP contribution in [0.25, 0.3) is 0 Å². The van der Waals surface area contributed by atoms with E-state index in [4.69, 9.17) is 9.47 Å². The number of ether oxygens (including phenoxy) is 3. The minimum Gasteiger partial charge on any atom is -0.545 e. The van der Waals surface area contributed by atoms with Gasteiger partial charge in [-0.1, -0.05) is 51.1 Å². The number of aromatic carboxylic acids is 1. The molecule has 4 unspecified atom stereocenters. The maximum Gasteiger partial charge on any atom is 0.426 e. The minimum atomic E-state index is -6.28. The molecule has 4 atom stereocenters. The zero-order chi connectivity index (χ0) is 57.5. The number of alkyl halides is 15. The van der Waals surface area contributed by atoms with Gasteiger partial charge in [0.05, 0.1) is 42.7 Å². The second-order valence-electron chi connectivity index (χ2n) is 19.7. The van der Waals surface area contributed by atoms with E-state index in [1.54, 1.807) is 32.0 Å². The number of rotatable bonds is 18. The predicted octanol–water partition coefficient (Wildman–Crippen LogP) is 8.97. The number of carboxylic acid groups (broad SMARTS) is 1. The Morgan fingerprint density at radius 2 is 1.04 bits per heavy atom. The molecule has 72 heavy (non-hydrogen) atoms. The third-order valence-corrected chi connectivity index (χ3v) is 12.1. The highest BCUT2D eigenvalue weighted by molar-refractivity contribution is 5.85. The first-order valence-corrected chi connectivity index (χ1v) is 22.4. The Kier molecular flexibility index (Phi) is 26.2. The lowest BCUT2D eigenvalue weighted by molar-refractivity contribution is -0.858. The van der Waals surface area contributed by atoms with Crippen LogP contribution in [-0.2, 0) is 28.6 Å². The lowest BCUT2D eigenvalue weighted by atomic mass is 9.66. The summed E-state index contributed by atoms with van der Waals surface area (Å²) in [6.45, 7) is 14.6. The Morgan fingerprint density at radius 3 is 1.39 bits per heavy atom. The molecule has 1 saturated carbocycles. The summed E-state index contributed by atoms with van der Waals surface area (Å²) < 4.78 is 209. The van der Waals surface area contributed by atoms with Gasteiger partial charge in [0.1, 0.15) is 19.3 Å². The molecule has 11 nitrogen and oxygen atoms in total. The van der Waals surface area contributed by atoms with Gasteiger partial charge < -0.3 is 39.2 Å². The van der Waals surface area contributed by atoms with Crippen LogP contribution in [0.15, 0.2) is 30.3 Å². The summed E-state index contributed by atoms with van der Waals surface area (Å²) in [5, 5.41) is 29.7.